The number of halogens is 3. The molecule has 0 atom stereocenters. The summed E-state index contributed by atoms with van der Waals surface area (Å²) in [5, 5.41) is 0. The van der Waals surface area contributed by atoms with Crippen molar-refractivity contribution in [3.05, 3.63) is 59.4 Å². The van der Waals surface area contributed by atoms with Gasteiger partial charge in [0.15, 0.2) is 17.4 Å². The maximum absolute atomic E-state index is 13.3. The van der Waals surface area contributed by atoms with Gasteiger partial charge in [0.25, 0.3) is 0 Å². The number of benzene rings is 2. The molecule has 0 heterocycles. The first kappa shape index (κ1) is 12.2. The monoisotopic (exact) mass is 252 g/mol. The molecule has 0 saturated carbocycles. The zero-order valence-electron chi connectivity index (χ0n) is 8.99. The second-order valence-corrected chi connectivity index (χ2v) is 3.47. The van der Waals surface area contributed by atoms with Gasteiger partial charge >= 0.3 is 0 Å². The number of carbonyl (C=O) groups is 1. The van der Waals surface area contributed by atoms with Gasteiger partial charge in [-0.2, -0.15) is 4.39 Å². The molecule has 0 aliphatic rings. The van der Waals surface area contributed by atoms with Crippen LogP contribution in [0.15, 0.2) is 36.4 Å². The minimum atomic E-state index is -1.60. The molecule has 0 amide bonds. The lowest BCUT2D eigenvalue weighted by Gasteiger charge is -2.07. The quantitative estimate of drug-likeness (QED) is 0.614. The molecular formula is C13H7F3O2. The van der Waals surface area contributed by atoms with Crippen molar-refractivity contribution in [1.29, 1.82) is 0 Å². The molecule has 92 valence electrons. The molecular weight excluding hydrogens is 245 g/mol. The highest BCUT2D eigenvalue weighted by atomic mass is 19.2. The van der Waals surface area contributed by atoms with Gasteiger partial charge in [-0.3, -0.25) is 4.79 Å². The highest BCUT2D eigenvalue weighted by Gasteiger charge is 2.15. The summed E-state index contributed by atoms with van der Waals surface area (Å²) in [4.78, 5) is 10.5. The van der Waals surface area contributed by atoms with E-state index in [-0.39, 0.29) is 5.75 Å². The minimum absolute atomic E-state index is 0.157. The van der Waals surface area contributed by atoms with Gasteiger partial charge in [0.05, 0.1) is 0 Å². The zero-order chi connectivity index (χ0) is 13.1. The van der Waals surface area contributed by atoms with E-state index in [1.807, 2.05) is 0 Å². The Morgan fingerprint density at radius 2 is 1.78 bits per heavy atom. The summed E-state index contributed by atoms with van der Waals surface area (Å²) in [5.41, 5.74) is 0.329. The lowest BCUT2D eigenvalue weighted by Crippen LogP contribution is -1.95. The predicted octanol–water partition coefficient (Wildman–Crippen LogP) is 3.71. The van der Waals surface area contributed by atoms with Crippen LogP contribution < -0.4 is 4.74 Å². The smallest absolute Gasteiger partial charge is 0.204 e. The summed E-state index contributed by atoms with van der Waals surface area (Å²) in [6.07, 6.45) is 0.592. The van der Waals surface area contributed by atoms with Crippen molar-refractivity contribution in [2.24, 2.45) is 0 Å². The fourth-order valence-corrected chi connectivity index (χ4v) is 1.37. The Morgan fingerprint density at radius 3 is 2.50 bits per heavy atom. The third-order valence-electron chi connectivity index (χ3n) is 2.22. The standard InChI is InChI=1S/C13H7F3O2/c14-10-4-5-11(13(16)12(10)15)18-9-3-1-2-8(6-9)7-17/h1-7H. The summed E-state index contributed by atoms with van der Waals surface area (Å²) >= 11 is 0. The van der Waals surface area contributed by atoms with Crippen molar-refractivity contribution >= 4 is 6.29 Å². The summed E-state index contributed by atoms with van der Waals surface area (Å²) in [6, 6.07) is 7.61. The molecule has 0 radical (unpaired) electrons. The van der Waals surface area contributed by atoms with Crippen LogP contribution in [0, 0.1) is 17.5 Å². The van der Waals surface area contributed by atoms with Crippen LogP contribution in [0.4, 0.5) is 13.2 Å². The van der Waals surface area contributed by atoms with Crippen molar-refractivity contribution in [2.75, 3.05) is 0 Å². The molecule has 0 aromatic heterocycles. The molecule has 0 N–H and O–H groups in total. The topological polar surface area (TPSA) is 26.3 Å². The second kappa shape index (κ2) is 4.91. The maximum Gasteiger partial charge on any atom is 0.204 e. The van der Waals surface area contributed by atoms with E-state index in [1.54, 1.807) is 0 Å². The van der Waals surface area contributed by atoms with E-state index in [0.29, 0.717) is 11.8 Å². The zero-order valence-corrected chi connectivity index (χ0v) is 8.99. The van der Waals surface area contributed by atoms with E-state index < -0.39 is 23.2 Å². The lowest BCUT2D eigenvalue weighted by atomic mass is 10.2. The third-order valence-corrected chi connectivity index (χ3v) is 2.22. The third kappa shape index (κ3) is 2.34. The number of hydrogen-bond donors (Lipinski definition) is 0. The Balaban J connectivity index is 2.34. The van der Waals surface area contributed by atoms with E-state index in [2.05, 4.69) is 0 Å². The SMILES string of the molecule is O=Cc1cccc(Oc2ccc(F)c(F)c2F)c1. The Bertz CT molecular complexity index is 597. The van der Waals surface area contributed by atoms with Crippen LogP contribution >= 0.6 is 0 Å². The van der Waals surface area contributed by atoms with Gasteiger partial charge < -0.3 is 4.74 Å². The Kier molecular flexibility index (Phi) is 3.32. The highest BCUT2D eigenvalue weighted by Crippen LogP contribution is 2.27. The first-order chi connectivity index (χ1) is 8.61. The molecule has 0 unspecified atom stereocenters. The van der Waals surface area contributed by atoms with Gasteiger partial charge in [-0.1, -0.05) is 12.1 Å². The molecule has 2 aromatic carbocycles. The molecule has 5 heteroatoms. The Hall–Kier alpha value is -2.30. The fourth-order valence-electron chi connectivity index (χ4n) is 1.37. The maximum atomic E-state index is 13.3. The summed E-state index contributed by atoms with van der Waals surface area (Å²) in [5.74, 6) is -4.59. The van der Waals surface area contributed by atoms with Crippen molar-refractivity contribution in [3.63, 3.8) is 0 Å². The molecule has 0 spiro atoms. The molecule has 2 nitrogen and oxygen atoms in total. The minimum Gasteiger partial charge on any atom is -0.454 e. The van der Waals surface area contributed by atoms with E-state index in [1.165, 1.54) is 24.3 Å². The number of ether oxygens (including phenoxy) is 1. The second-order valence-electron chi connectivity index (χ2n) is 3.47. The Labute approximate surface area is 101 Å². The first-order valence-corrected chi connectivity index (χ1v) is 4.98. The van der Waals surface area contributed by atoms with Crippen LogP contribution in [0.1, 0.15) is 10.4 Å². The number of hydrogen-bond acceptors (Lipinski definition) is 2. The lowest BCUT2D eigenvalue weighted by molar-refractivity contribution is 0.112. The van der Waals surface area contributed by atoms with Crippen molar-refractivity contribution in [1.82, 2.24) is 0 Å². The molecule has 0 aliphatic carbocycles. The van der Waals surface area contributed by atoms with E-state index >= 15 is 0 Å². The van der Waals surface area contributed by atoms with Crippen LogP contribution in [0.2, 0.25) is 0 Å². The van der Waals surface area contributed by atoms with E-state index in [9.17, 15) is 18.0 Å². The van der Waals surface area contributed by atoms with Crippen molar-refractivity contribution in [2.45, 2.75) is 0 Å². The average Bonchev–Trinajstić information content (AvgIpc) is 2.40. The molecule has 0 saturated heterocycles. The molecule has 0 aliphatic heterocycles. The fraction of sp³-hybridized carbons (Fsp3) is 0. The highest BCUT2D eigenvalue weighted by molar-refractivity contribution is 5.75. The summed E-state index contributed by atoms with van der Waals surface area (Å²) < 4.78 is 44.0. The van der Waals surface area contributed by atoms with Crippen LogP contribution in [0.25, 0.3) is 0 Å². The van der Waals surface area contributed by atoms with Crippen molar-refractivity contribution in [3.8, 4) is 11.5 Å². The molecule has 0 bridgehead atoms. The normalized spacial score (nSPS) is 10.2. The van der Waals surface area contributed by atoms with E-state index in [4.69, 9.17) is 4.74 Å². The van der Waals surface area contributed by atoms with Gasteiger partial charge in [-0.25, -0.2) is 8.78 Å². The largest absolute Gasteiger partial charge is 0.454 e. The van der Waals surface area contributed by atoms with Gasteiger partial charge in [0.2, 0.25) is 5.82 Å². The van der Waals surface area contributed by atoms with Gasteiger partial charge in [-0.15, -0.1) is 0 Å². The molecule has 2 rings (SSSR count). The molecule has 2 aromatic rings. The number of carbonyl (C=O) groups excluding carboxylic acids is 1. The molecule has 18 heavy (non-hydrogen) atoms. The van der Waals surface area contributed by atoms with Crippen LogP contribution in [-0.2, 0) is 0 Å². The number of rotatable bonds is 3. The van der Waals surface area contributed by atoms with Crippen molar-refractivity contribution < 1.29 is 22.7 Å². The summed E-state index contributed by atoms with van der Waals surface area (Å²) in [7, 11) is 0. The Morgan fingerprint density at radius 1 is 1.00 bits per heavy atom. The van der Waals surface area contributed by atoms with Crippen LogP contribution in [0.3, 0.4) is 0 Å². The predicted molar refractivity (Wildman–Crippen MR) is 58.2 cm³/mol. The number of aldehydes is 1. The van der Waals surface area contributed by atoms with Gasteiger partial charge in [-0.05, 0) is 24.3 Å². The van der Waals surface area contributed by atoms with Crippen LogP contribution in [0.5, 0.6) is 11.5 Å². The van der Waals surface area contributed by atoms with Crippen LogP contribution in [-0.4, -0.2) is 6.29 Å². The molecule has 0 fully saturated rings. The summed E-state index contributed by atoms with van der Waals surface area (Å²) in [6.45, 7) is 0. The van der Waals surface area contributed by atoms with Gasteiger partial charge in [0, 0.05) is 5.56 Å². The first-order valence-electron chi connectivity index (χ1n) is 4.98. The van der Waals surface area contributed by atoms with E-state index in [0.717, 1.165) is 12.1 Å². The van der Waals surface area contributed by atoms with Gasteiger partial charge in [0.1, 0.15) is 12.0 Å². The average molecular weight is 252 g/mol.